The van der Waals surface area contributed by atoms with Crippen LogP contribution >= 0.6 is 46.4 Å². The molecule has 3 aromatic carbocycles. The number of hydrogen-bond acceptors (Lipinski definition) is 19. The molecule has 8 aromatic heterocycles. The predicted molar refractivity (Wildman–Crippen MR) is 318 cm³/mol. The van der Waals surface area contributed by atoms with Crippen molar-refractivity contribution < 1.29 is 37.7 Å². The Kier molecular flexibility index (Phi) is 22.8. The highest BCUT2D eigenvalue weighted by Gasteiger charge is 2.15. The van der Waals surface area contributed by atoms with Crippen molar-refractivity contribution in [3.8, 4) is 68.4 Å². The van der Waals surface area contributed by atoms with E-state index in [1.165, 1.54) is 32.3 Å². The van der Waals surface area contributed by atoms with E-state index in [1.807, 2.05) is 18.2 Å². The Bertz CT molecular complexity index is 3980. The number of pyridine rings is 5. The molecule has 1 amide bonds. The molecule has 0 fully saturated rings. The Labute approximate surface area is 503 Å². The van der Waals surface area contributed by atoms with Gasteiger partial charge in [0, 0.05) is 122 Å². The molecule has 0 saturated heterocycles. The first-order valence-electron chi connectivity index (χ1n) is 24.5. The van der Waals surface area contributed by atoms with Crippen LogP contribution in [0.15, 0.2) is 190 Å². The van der Waals surface area contributed by atoms with E-state index in [-0.39, 0.29) is 46.7 Å². The number of phenolic OH excluding ortho intramolecular Hbond substituents is 1. The summed E-state index contributed by atoms with van der Waals surface area (Å²) in [6, 6.07) is 31.3. The molecule has 0 atom stereocenters. The Hall–Kier alpha value is -10.4. The van der Waals surface area contributed by atoms with Gasteiger partial charge in [0.05, 0.1) is 24.2 Å². The van der Waals surface area contributed by atoms with Gasteiger partial charge in [-0.2, -0.15) is 0 Å². The summed E-state index contributed by atoms with van der Waals surface area (Å²) in [6.45, 7) is 3.26. The molecule has 85 heavy (non-hydrogen) atoms. The number of phenols is 1. The molecule has 6 N–H and O–H groups in total. The third kappa shape index (κ3) is 18.8. The second kappa shape index (κ2) is 31.2. The lowest BCUT2D eigenvalue weighted by Gasteiger charge is -2.10. The van der Waals surface area contributed by atoms with Crippen LogP contribution in [0.3, 0.4) is 0 Å². The zero-order valence-electron chi connectivity index (χ0n) is 44.3. The first kappa shape index (κ1) is 62.2. The SMILES string of the molecule is Cc1c(F)cncc1C(=O)Nc1ccc(-c2cc(Oc3ncccn3)ccc2Cl)cn1.Cc1c(F)cncc1OC=O.Clc1ncccn1.Nc1ccc(-c2cc(O)ccc2Cl)cn1.Nc1ccc(-c2cc(Oc3ncccn3)ccc2Cl)cn1. The molecule has 11 aromatic rings. The maximum atomic E-state index is 13.6. The molecule has 0 aliphatic rings. The predicted octanol–water partition coefficient (Wildman–Crippen LogP) is 13.5. The summed E-state index contributed by atoms with van der Waals surface area (Å²) in [7, 11) is 0. The smallest absolute Gasteiger partial charge is 0.321 e. The molecule has 20 nitrogen and oxygen atoms in total. The summed E-state index contributed by atoms with van der Waals surface area (Å²) in [5.41, 5.74) is 16.3. The summed E-state index contributed by atoms with van der Waals surface area (Å²) in [4.78, 5) is 65.1. The van der Waals surface area contributed by atoms with Gasteiger partial charge in [0.15, 0.2) is 5.75 Å². The quantitative estimate of drug-likeness (QED) is 0.0691. The molecular formula is C59H44Cl4F2N14O6. The lowest BCUT2D eigenvalue weighted by atomic mass is 10.1. The van der Waals surface area contributed by atoms with Crippen LogP contribution in [0.5, 0.6) is 35.0 Å². The second-order valence-corrected chi connectivity index (χ2v) is 18.4. The van der Waals surface area contributed by atoms with Crippen LogP contribution in [0.4, 0.5) is 26.2 Å². The van der Waals surface area contributed by atoms with E-state index in [0.717, 1.165) is 34.6 Å². The third-order valence-corrected chi connectivity index (χ3v) is 12.2. The van der Waals surface area contributed by atoms with Crippen molar-refractivity contribution in [2.24, 2.45) is 0 Å². The minimum Gasteiger partial charge on any atom is -0.508 e. The van der Waals surface area contributed by atoms with Gasteiger partial charge in [-0.15, -0.1) is 0 Å². The average Bonchev–Trinajstić information content (AvgIpc) is 3.71. The van der Waals surface area contributed by atoms with Crippen molar-refractivity contribution in [3.63, 3.8) is 0 Å². The number of anilines is 3. The number of aromatic hydroxyl groups is 1. The molecule has 0 radical (unpaired) electrons. The number of halogens is 6. The molecule has 0 aliphatic carbocycles. The number of aromatic nitrogens is 11. The number of ether oxygens (including phenoxy) is 3. The van der Waals surface area contributed by atoms with Gasteiger partial charge in [-0.25, -0.2) is 53.6 Å². The summed E-state index contributed by atoms with van der Waals surface area (Å²) < 4.78 is 42.0. The minimum atomic E-state index is -0.548. The van der Waals surface area contributed by atoms with Gasteiger partial charge in [-0.05, 0) is 135 Å². The van der Waals surface area contributed by atoms with Crippen molar-refractivity contribution >= 4 is 76.2 Å². The second-order valence-electron chi connectivity index (χ2n) is 16.8. The number of nitrogens with one attached hydrogen (secondary N) is 1. The number of nitrogens with zero attached hydrogens (tertiary/aromatic N) is 11. The van der Waals surface area contributed by atoms with Gasteiger partial charge in [0.1, 0.15) is 46.3 Å². The van der Waals surface area contributed by atoms with E-state index in [2.05, 4.69) is 64.9 Å². The monoisotopic (exact) mass is 1220 g/mol. The number of benzene rings is 3. The van der Waals surface area contributed by atoms with E-state index in [9.17, 15) is 23.5 Å². The van der Waals surface area contributed by atoms with Gasteiger partial charge in [0.25, 0.3) is 12.4 Å². The van der Waals surface area contributed by atoms with Crippen molar-refractivity contribution in [2.45, 2.75) is 13.8 Å². The molecular weight excluding hydrogens is 1180 g/mol. The standard InChI is InChI=1S/C22H15ClFN5O2.C15H11ClN4O.C11H9ClN2O.C7H6FNO2.C4H3ClN2/c1-13-17(11-25-12-19(13)24)21(30)29-20-6-3-14(10-28-20)16-9-15(4-5-18(16)23)31-22-26-7-2-8-27-22;16-13-4-3-11(21-15-18-6-1-7-19-15)8-12(13)10-2-5-14(17)20-9-10;12-10-3-2-8(15)5-9(10)7-1-4-11(13)14-6-7;1-5-6(8)2-9-3-7(5)11-4-10;5-4-6-2-1-3-7-4/h2-12H,1H3,(H,28,29,30);1-9H,(H2,17,20);1-6,15H,(H2,13,14);2-4H,1H3;1-3H. The largest absolute Gasteiger partial charge is 0.508 e. The highest BCUT2D eigenvalue weighted by molar-refractivity contribution is 6.34. The third-order valence-electron chi connectivity index (χ3n) is 11.1. The lowest BCUT2D eigenvalue weighted by Crippen LogP contribution is -2.15. The fourth-order valence-corrected chi connectivity index (χ4v) is 7.59. The van der Waals surface area contributed by atoms with Crippen molar-refractivity contribution in [1.29, 1.82) is 0 Å². The number of carbonyl (C=O) groups excluding carboxylic acids is 2. The molecule has 0 aliphatic heterocycles. The van der Waals surface area contributed by atoms with Gasteiger partial charge < -0.3 is 36.1 Å². The number of amides is 1. The molecule has 8 heterocycles. The summed E-state index contributed by atoms with van der Waals surface area (Å²) in [5.74, 6) is 1.12. The van der Waals surface area contributed by atoms with E-state index < -0.39 is 17.5 Å². The topological polar surface area (TPSA) is 288 Å². The number of rotatable bonds is 11. The molecule has 26 heteroatoms. The van der Waals surface area contributed by atoms with E-state index in [1.54, 1.807) is 141 Å². The average molecular weight is 1220 g/mol. The van der Waals surface area contributed by atoms with Crippen LogP contribution in [-0.2, 0) is 4.79 Å². The van der Waals surface area contributed by atoms with Crippen molar-refractivity contribution in [2.75, 3.05) is 16.8 Å². The highest BCUT2D eigenvalue weighted by Crippen LogP contribution is 2.35. The van der Waals surface area contributed by atoms with Gasteiger partial charge in [-0.3, -0.25) is 19.6 Å². The Morgan fingerprint density at radius 2 is 0.976 bits per heavy atom. The Balaban J connectivity index is 0.000000166. The fourth-order valence-electron chi connectivity index (χ4n) is 6.80. The van der Waals surface area contributed by atoms with Gasteiger partial charge in [0.2, 0.25) is 5.28 Å². The van der Waals surface area contributed by atoms with E-state index in [0.29, 0.717) is 60.4 Å². The highest BCUT2D eigenvalue weighted by atomic mass is 35.5. The van der Waals surface area contributed by atoms with E-state index in [4.69, 9.17) is 67.3 Å². The Morgan fingerprint density at radius 3 is 1.42 bits per heavy atom. The van der Waals surface area contributed by atoms with Crippen LogP contribution < -0.4 is 31.0 Å². The van der Waals surface area contributed by atoms with Crippen LogP contribution in [0, 0.1) is 25.5 Å². The summed E-state index contributed by atoms with van der Waals surface area (Å²) in [5, 5.41) is 13.9. The van der Waals surface area contributed by atoms with Crippen LogP contribution in [-0.4, -0.2) is 72.3 Å². The molecule has 0 saturated carbocycles. The number of nitrogens with two attached hydrogens (primary N) is 2. The van der Waals surface area contributed by atoms with Crippen molar-refractivity contribution in [1.82, 2.24) is 54.8 Å². The first-order valence-corrected chi connectivity index (χ1v) is 26.0. The normalized spacial score (nSPS) is 10.1. The minimum absolute atomic E-state index is 0.141. The van der Waals surface area contributed by atoms with Gasteiger partial charge in [-0.1, -0.05) is 34.8 Å². The van der Waals surface area contributed by atoms with Crippen molar-refractivity contribution in [3.05, 3.63) is 238 Å². The molecule has 0 bridgehead atoms. The molecule has 0 spiro atoms. The summed E-state index contributed by atoms with van der Waals surface area (Å²) in [6.07, 6.45) is 19.1. The van der Waals surface area contributed by atoms with Gasteiger partial charge >= 0.3 is 12.0 Å². The van der Waals surface area contributed by atoms with Crippen LogP contribution in [0.25, 0.3) is 33.4 Å². The molecule has 0 unspecified atom stereocenters. The fraction of sp³-hybridized carbons (Fsp3) is 0.0339. The Morgan fingerprint density at radius 1 is 0.529 bits per heavy atom. The van der Waals surface area contributed by atoms with Crippen LogP contribution in [0.2, 0.25) is 20.4 Å². The first-order chi connectivity index (χ1) is 41.0. The lowest BCUT2D eigenvalue weighted by molar-refractivity contribution is -0.120. The molecule has 428 valence electrons. The summed E-state index contributed by atoms with van der Waals surface area (Å²) >= 11 is 23.9. The maximum absolute atomic E-state index is 13.6. The zero-order chi connectivity index (χ0) is 60.7. The zero-order valence-corrected chi connectivity index (χ0v) is 47.3. The number of nitrogen functional groups attached to an aromatic ring is 2. The number of hydrogen-bond donors (Lipinski definition) is 4. The maximum Gasteiger partial charge on any atom is 0.321 e. The van der Waals surface area contributed by atoms with Crippen LogP contribution in [0.1, 0.15) is 21.5 Å². The molecule has 11 rings (SSSR count). The number of carbonyl (C=O) groups is 2. The van der Waals surface area contributed by atoms with E-state index >= 15 is 0 Å².